The Morgan fingerprint density at radius 2 is 1.96 bits per heavy atom. The average Bonchev–Trinajstić information content (AvgIpc) is 3.22. The van der Waals surface area contributed by atoms with Crippen molar-refractivity contribution in [2.45, 2.75) is 19.4 Å². The Morgan fingerprint density at radius 1 is 1.12 bits per heavy atom. The molecule has 25 heavy (non-hydrogen) atoms. The number of aromatic nitrogens is 2. The van der Waals surface area contributed by atoms with Crippen LogP contribution in [0.1, 0.15) is 18.5 Å². The molecule has 0 radical (unpaired) electrons. The molecule has 2 aromatic rings. The Balaban J connectivity index is 1.50. The second-order valence-corrected chi connectivity index (χ2v) is 6.78. The Labute approximate surface area is 147 Å². The molecule has 4 rings (SSSR count). The predicted molar refractivity (Wildman–Crippen MR) is 94.3 cm³/mol. The van der Waals surface area contributed by atoms with E-state index < -0.39 is 0 Å². The van der Waals surface area contributed by atoms with Crippen LogP contribution in [-0.4, -0.2) is 47.5 Å². The van der Waals surface area contributed by atoms with E-state index in [0.29, 0.717) is 13.1 Å². The molecule has 0 saturated carbocycles. The molecule has 4 heterocycles. The van der Waals surface area contributed by atoms with Gasteiger partial charge in [0, 0.05) is 32.0 Å². The SMILES string of the molecule is COc1cccnc1N1CCC2(CCN(Cc3ccccn3)C2=O)C1. The number of ether oxygens (including phenoxy) is 1. The molecular weight excluding hydrogens is 316 g/mol. The van der Waals surface area contributed by atoms with Gasteiger partial charge in [-0.25, -0.2) is 4.98 Å². The van der Waals surface area contributed by atoms with Gasteiger partial charge in [-0.2, -0.15) is 0 Å². The summed E-state index contributed by atoms with van der Waals surface area (Å²) < 4.78 is 5.43. The molecule has 2 aliphatic heterocycles. The Hall–Kier alpha value is -2.63. The predicted octanol–water partition coefficient (Wildman–Crippen LogP) is 2.11. The van der Waals surface area contributed by atoms with Crippen LogP contribution in [0.2, 0.25) is 0 Å². The van der Waals surface area contributed by atoms with E-state index in [2.05, 4.69) is 14.9 Å². The molecule has 1 spiro atoms. The van der Waals surface area contributed by atoms with Crippen LogP contribution >= 0.6 is 0 Å². The van der Waals surface area contributed by atoms with Crippen molar-refractivity contribution in [3.8, 4) is 5.75 Å². The van der Waals surface area contributed by atoms with Crippen LogP contribution in [0.25, 0.3) is 0 Å². The molecule has 6 nitrogen and oxygen atoms in total. The van der Waals surface area contributed by atoms with Gasteiger partial charge in [0.1, 0.15) is 0 Å². The first-order valence-corrected chi connectivity index (χ1v) is 8.65. The van der Waals surface area contributed by atoms with Gasteiger partial charge in [-0.05, 0) is 37.1 Å². The van der Waals surface area contributed by atoms with Gasteiger partial charge in [0.15, 0.2) is 11.6 Å². The third kappa shape index (κ3) is 2.81. The monoisotopic (exact) mass is 338 g/mol. The molecular formula is C19H22N4O2. The maximum Gasteiger partial charge on any atom is 0.231 e. The first kappa shape index (κ1) is 15.9. The lowest BCUT2D eigenvalue weighted by atomic mass is 9.85. The fraction of sp³-hybridized carbons (Fsp3) is 0.421. The summed E-state index contributed by atoms with van der Waals surface area (Å²) in [5.41, 5.74) is 0.645. The summed E-state index contributed by atoms with van der Waals surface area (Å²) in [6.07, 6.45) is 5.30. The van der Waals surface area contributed by atoms with Crippen molar-refractivity contribution in [3.63, 3.8) is 0 Å². The fourth-order valence-corrected chi connectivity index (χ4v) is 3.94. The zero-order chi connectivity index (χ0) is 17.3. The molecule has 2 fully saturated rings. The fourth-order valence-electron chi connectivity index (χ4n) is 3.94. The van der Waals surface area contributed by atoms with E-state index in [-0.39, 0.29) is 11.3 Å². The number of carbonyl (C=O) groups excluding carboxylic acids is 1. The van der Waals surface area contributed by atoms with Crippen molar-refractivity contribution in [1.82, 2.24) is 14.9 Å². The standard InChI is InChI=1S/C19H22N4O2/c1-25-16-6-4-10-21-17(16)23-12-8-19(14-23)7-11-22(18(19)24)13-15-5-2-3-9-20-15/h2-6,9-10H,7-8,11-14H2,1H3. The van der Waals surface area contributed by atoms with Crippen molar-refractivity contribution in [3.05, 3.63) is 48.4 Å². The van der Waals surface area contributed by atoms with Gasteiger partial charge in [0.05, 0.1) is 24.8 Å². The minimum atomic E-state index is -0.294. The zero-order valence-electron chi connectivity index (χ0n) is 14.4. The maximum absolute atomic E-state index is 13.1. The summed E-state index contributed by atoms with van der Waals surface area (Å²) in [5.74, 6) is 1.84. The van der Waals surface area contributed by atoms with Gasteiger partial charge in [0.25, 0.3) is 0 Å². The third-order valence-corrected chi connectivity index (χ3v) is 5.30. The van der Waals surface area contributed by atoms with Crippen LogP contribution in [0.3, 0.4) is 0 Å². The molecule has 1 atom stereocenters. The average molecular weight is 338 g/mol. The Bertz CT molecular complexity index is 767. The number of hydrogen-bond donors (Lipinski definition) is 0. The molecule has 1 unspecified atom stereocenters. The lowest BCUT2D eigenvalue weighted by Crippen LogP contribution is -2.37. The highest BCUT2D eigenvalue weighted by molar-refractivity contribution is 5.86. The van der Waals surface area contributed by atoms with Crippen LogP contribution in [0.15, 0.2) is 42.7 Å². The maximum atomic E-state index is 13.1. The number of carbonyl (C=O) groups is 1. The highest BCUT2D eigenvalue weighted by atomic mass is 16.5. The largest absolute Gasteiger partial charge is 0.493 e. The molecule has 2 saturated heterocycles. The summed E-state index contributed by atoms with van der Waals surface area (Å²) in [7, 11) is 1.65. The van der Waals surface area contributed by atoms with Gasteiger partial charge in [-0.3, -0.25) is 9.78 Å². The van der Waals surface area contributed by atoms with Crippen molar-refractivity contribution in [2.24, 2.45) is 5.41 Å². The van der Waals surface area contributed by atoms with Crippen LogP contribution < -0.4 is 9.64 Å². The topological polar surface area (TPSA) is 58.6 Å². The third-order valence-electron chi connectivity index (χ3n) is 5.30. The number of rotatable bonds is 4. The number of likely N-dealkylation sites (tertiary alicyclic amines) is 1. The Kier molecular flexibility index (Phi) is 4.03. The first-order valence-electron chi connectivity index (χ1n) is 8.65. The molecule has 130 valence electrons. The molecule has 1 amide bonds. The van der Waals surface area contributed by atoms with Gasteiger partial charge in [-0.1, -0.05) is 6.07 Å². The van der Waals surface area contributed by atoms with Crippen molar-refractivity contribution >= 4 is 11.7 Å². The summed E-state index contributed by atoms with van der Waals surface area (Å²) in [4.78, 5) is 26.0. The van der Waals surface area contributed by atoms with E-state index in [4.69, 9.17) is 4.74 Å². The Morgan fingerprint density at radius 3 is 2.76 bits per heavy atom. The first-order chi connectivity index (χ1) is 12.2. The molecule has 6 heteroatoms. The summed E-state index contributed by atoms with van der Waals surface area (Å²) in [5, 5.41) is 0. The van der Waals surface area contributed by atoms with E-state index >= 15 is 0 Å². The van der Waals surface area contributed by atoms with Crippen LogP contribution in [0.5, 0.6) is 5.75 Å². The number of nitrogens with zero attached hydrogens (tertiary/aromatic N) is 4. The smallest absolute Gasteiger partial charge is 0.231 e. The highest BCUT2D eigenvalue weighted by Gasteiger charge is 2.51. The number of anilines is 1. The second-order valence-electron chi connectivity index (χ2n) is 6.78. The van der Waals surface area contributed by atoms with E-state index in [1.165, 1.54) is 0 Å². The quantitative estimate of drug-likeness (QED) is 0.855. The molecule has 2 aliphatic rings. The normalized spacial score (nSPS) is 22.8. The lowest BCUT2D eigenvalue weighted by Gasteiger charge is -2.24. The summed E-state index contributed by atoms with van der Waals surface area (Å²) in [6.45, 7) is 2.92. The van der Waals surface area contributed by atoms with E-state index in [0.717, 1.165) is 43.2 Å². The second kappa shape index (κ2) is 6.35. The lowest BCUT2D eigenvalue weighted by molar-refractivity contribution is -0.135. The van der Waals surface area contributed by atoms with Gasteiger partial charge in [-0.15, -0.1) is 0 Å². The summed E-state index contributed by atoms with van der Waals surface area (Å²) >= 11 is 0. The van der Waals surface area contributed by atoms with Crippen molar-refractivity contribution in [1.29, 1.82) is 0 Å². The van der Waals surface area contributed by atoms with Crippen molar-refractivity contribution < 1.29 is 9.53 Å². The van der Waals surface area contributed by atoms with Crippen LogP contribution in [0.4, 0.5) is 5.82 Å². The number of pyridine rings is 2. The van der Waals surface area contributed by atoms with Gasteiger partial charge in [0.2, 0.25) is 5.91 Å². The highest BCUT2D eigenvalue weighted by Crippen LogP contribution is 2.43. The minimum Gasteiger partial charge on any atom is -0.493 e. The van der Waals surface area contributed by atoms with E-state index in [9.17, 15) is 4.79 Å². The number of hydrogen-bond acceptors (Lipinski definition) is 5. The number of methoxy groups -OCH3 is 1. The van der Waals surface area contributed by atoms with Crippen LogP contribution in [0, 0.1) is 5.41 Å². The molecule has 0 bridgehead atoms. The number of amides is 1. The van der Waals surface area contributed by atoms with Crippen molar-refractivity contribution in [2.75, 3.05) is 31.6 Å². The van der Waals surface area contributed by atoms with E-state index in [1.54, 1.807) is 19.5 Å². The van der Waals surface area contributed by atoms with E-state index in [1.807, 2.05) is 35.2 Å². The molecule has 0 aromatic carbocycles. The molecule has 0 N–H and O–H groups in total. The molecule has 0 aliphatic carbocycles. The molecule has 2 aromatic heterocycles. The summed E-state index contributed by atoms with van der Waals surface area (Å²) in [6, 6.07) is 9.60. The zero-order valence-corrected chi connectivity index (χ0v) is 14.4. The van der Waals surface area contributed by atoms with Gasteiger partial charge >= 0.3 is 0 Å². The van der Waals surface area contributed by atoms with Gasteiger partial charge < -0.3 is 14.5 Å². The van der Waals surface area contributed by atoms with Crippen LogP contribution in [-0.2, 0) is 11.3 Å². The minimum absolute atomic E-state index is 0.246.